The Labute approximate surface area is 177 Å². The zero-order chi connectivity index (χ0) is 21.6. The third kappa shape index (κ3) is 6.55. The largest absolute Gasteiger partial charge is 0.354 e. The maximum Gasteiger partial charge on any atom is 0.251 e. The van der Waals surface area contributed by atoms with Gasteiger partial charge in [-0.3, -0.25) is 14.4 Å². The Bertz CT molecular complexity index is 864. The summed E-state index contributed by atoms with van der Waals surface area (Å²) in [6.07, 6.45) is 3.62. The standard InChI is InChI=1S/C21H29N3O5S/c25-19(13-23-20(26)16-4-2-1-3-5-16)22-12-15-6-8-17(9-7-15)21(27)24-18-10-11-30(28,29)14-18/h1-5,15,17-18H,6-14H2,(H,22,25)(H,23,26)(H,24,27). The van der Waals surface area contributed by atoms with E-state index in [0.717, 1.165) is 25.7 Å². The van der Waals surface area contributed by atoms with E-state index in [2.05, 4.69) is 16.0 Å². The first kappa shape index (κ1) is 22.3. The van der Waals surface area contributed by atoms with E-state index >= 15 is 0 Å². The number of amides is 3. The fourth-order valence-corrected chi connectivity index (χ4v) is 5.70. The summed E-state index contributed by atoms with van der Waals surface area (Å²) >= 11 is 0. The predicted octanol–water partition coefficient (Wildman–Crippen LogP) is 0.642. The summed E-state index contributed by atoms with van der Waals surface area (Å²) in [7, 11) is -3.00. The smallest absolute Gasteiger partial charge is 0.251 e. The van der Waals surface area contributed by atoms with Crippen molar-refractivity contribution in [3.63, 3.8) is 0 Å². The topological polar surface area (TPSA) is 121 Å². The second kappa shape index (κ2) is 10.1. The first-order valence-corrected chi connectivity index (χ1v) is 12.3. The first-order chi connectivity index (χ1) is 14.3. The van der Waals surface area contributed by atoms with Crippen LogP contribution in [-0.2, 0) is 19.4 Å². The van der Waals surface area contributed by atoms with E-state index in [1.807, 2.05) is 6.07 Å². The van der Waals surface area contributed by atoms with E-state index in [4.69, 9.17) is 0 Å². The van der Waals surface area contributed by atoms with Crippen molar-refractivity contribution >= 4 is 27.6 Å². The number of sulfone groups is 1. The van der Waals surface area contributed by atoms with Crippen molar-refractivity contribution in [2.75, 3.05) is 24.6 Å². The van der Waals surface area contributed by atoms with Gasteiger partial charge in [0.25, 0.3) is 5.91 Å². The van der Waals surface area contributed by atoms with Crippen molar-refractivity contribution in [1.82, 2.24) is 16.0 Å². The minimum atomic E-state index is -3.00. The maximum absolute atomic E-state index is 12.4. The Kier molecular flexibility index (Phi) is 7.47. The Morgan fingerprint density at radius 2 is 1.63 bits per heavy atom. The van der Waals surface area contributed by atoms with Crippen LogP contribution in [0.3, 0.4) is 0 Å². The van der Waals surface area contributed by atoms with Gasteiger partial charge in [0.2, 0.25) is 11.8 Å². The molecule has 1 heterocycles. The number of nitrogens with one attached hydrogen (secondary N) is 3. The van der Waals surface area contributed by atoms with E-state index in [1.54, 1.807) is 24.3 Å². The Morgan fingerprint density at radius 1 is 0.933 bits per heavy atom. The zero-order valence-corrected chi connectivity index (χ0v) is 17.7. The normalized spacial score (nSPS) is 25.3. The van der Waals surface area contributed by atoms with Crippen molar-refractivity contribution in [2.45, 2.75) is 38.1 Å². The third-order valence-electron chi connectivity index (χ3n) is 5.83. The molecular weight excluding hydrogens is 406 g/mol. The third-order valence-corrected chi connectivity index (χ3v) is 7.60. The summed E-state index contributed by atoms with van der Waals surface area (Å²) in [4.78, 5) is 36.3. The van der Waals surface area contributed by atoms with Crippen LogP contribution in [0.25, 0.3) is 0 Å². The second-order valence-corrected chi connectivity index (χ2v) is 10.4. The van der Waals surface area contributed by atoms with E-state index < -0.39 is 9.84 Å². The molecule has 1 saturated carbocycles. The van der Waals surface area contributed by atoms with Crippen LogP contribution in [0.2, 0.25) is 0 Å². The molecule has 1 saturated heterocycles. The lowest BCUT2D eigenvalue weighted by Crippen LogP contribution is -2.42. The number of benzene rings is 1. The molecule has 3 N–H and O–H groups in total. The van der Waals surface area contributed by atoms with Crippen molar-refractivity contribution in [2.24, 2.45) is 11.8 Å². The predicted molar refractivity (Wildman–Crippen MR) is 112 cm³/mol. The molecule has 0 radical (unpaired) electrons. The highest BCUT2D eigenvalue weighted by Crippen LogP contribution is 2.29. The van der Waals surface area contributed by atoms with Gasteiger partial charge in [0, 0.05) is 24.1 Å². The molecule has 30 heavy (non-hydrogen) atoms. The minimum Gasteiger partial charge on any atom is -0.354 e. The van der Waals surface area contributed by atoms with Gasteiger partial charge in [-0.1, -0.05) is 18.2 Å². The molecule has 164 valence electrons. The average Bonchev–Trinajstić information content (AvgIpc) is 3.09. The number of rotatable bonds is 7. The average molecular weight is 436 g/mol. The van der Waals surface area contributed by atoms with Crippen LogP contribution in [0, 0.1) is 11.8 Å². The molecule has 2 aliphatic rings. The highest BCUT2D eigenvalue weighted by Gasteiger charge is 2.32. The zero-order valence-electron chi connectivity index (χ0n) is 16.9. The fraction of sp³-hybridized carbons (Fsp3) is 0.571. The monoisotopic (exact) mass is 435 g/mol. The van der Waals surface area contributed by atoms with Gasteiger partial charge in [0.15, 0.2) is 9.84 Å². The van der Waals surface area contributed by atoms with E-state index in [1.165, 1.54) is 0 Å². The number of hydrogen-bond donors (Lipinski definition) is 3. The molecule has 0 spiro atoms. The summed E-state index contributed by atoms with van der Waals surface area (Å²) < 4.78 is 23.0. The van der Waals surface area contributed by atoms with Crippen LogP contribution < -0.4 is 16.0 Å². The Balaban J connectivity index is 1.31. The molecular formula is C21H29N3O5S. The van der Waals surface area contributed by atoms with Crippen LogP contribution in [0.1, 0.15) is 42.5 Å². The molecule has 0 aromatic heterocycles. The quantitative estimate of drug-likeness (QED) is 0.580. The van der Waals surface area contributed by atoms with Crippen LogP contribution in [0.5, 0.6) is 0 Å². The maximum atomic E-state index is 12.4. The molecule has 1 aromatic rings. The van der Waals surface area contributed by atoms with Gasteiger partial charge in [-0.25, -0.2) is 8.42 Å². The van der Waals surface area contributed by atoms with E-state index in [0.29, 0.717) is 24.4 Å². The van der Waals surface area contributed by atoms with Crippen LogP contribution >= 0.6 is 0 Å². The molecule has 2 fully saturated rings. The lowest BCUT2D eigenvalue weighted by molar-refractivity contribution is -0.127. The number of carbonyl (C=O) groups excluding carboxylic acids is 3. The molecule has 0 bridgehead atoms. The van der Waals surface area contributed by atoms with Crippen molar-refractivity contribution in [3.05, 3.63) is 35.9 Å². The fourth-order valence-electron chi connectivity index (χ4n) is 4.03. The lowest BCUT2D eigenvalue weighted by Gasteiger charge is -2.28. The SMILES string of the molecule is O=C(CNC(=O)c1ccccc1)NCC1CCC(C(=O)NC2CCS(=O)(=O)C2)CC1. The van der Waals surface area contributed by atoms with E-state index in [-0.39, 0.29) is 47.7 Å². The summed E-state index contributed by atoms with van der Waals surface area (Å²) in [5, 5.41) is 8.33. The van der Waals surface area contributed by atoms with Gasteiger partial charge < -0.3 is 16.0 Å². The van der Waals surface area contributed by atoms with E-state index in [9.17, 15) is 22.8 Å². The van der Waals surface area contributed by atoms with Gasteiger partial charge >= 0.3 is 0 Å². The highest BCUT2D eigenvalue weighted by molar-refractivity contribution is 7.91. The molecule has 1 aliphatic carbocycles. The van der Waals surface area contributed by atoms with Gasteiger partial charge in [-0.05, 0) is 50.2 Å². The summed E-state index contributed by atoms with van der Waals surface area (Å²) in [5.41, 5.74) is 0.511. The first-order valence-electron chi connectivity index (χ1n) is 10.4. The van der Waals surface area contributed by atoms with Gasteiger partial charge in [-0.15, -0.1) is 0 Å². The van der Waals surface area contributed by atoms with Crippen molar-refractivity contribution in [3.8, 4) is 0 Å². The number of carbonyl (C=O) groups is 3. The van der Waals surface area contributed by atoms with Gasteiger partial charge in [0.05, 0.1) is 18.1 Å². The second-order valence-electron chi connectivity index (χ2n) is 8.18. The van der Waals surface area contributed by atoms with Gasteiger partial charge in [0.1, 0.15) is 0 Å². The Hall–Kier alpha value is -2.42. The van der Waals surface area contributed by atoms with Crippen molar-refractivity contribution < 1.29 is 22.8 Å². The van der Waals surface area contributed by atoms with Crippen LogP contribution in [-0.4, -0.2) is 56.8 Å². The molecule has 3 amide bonds. The molecule has 1 unspecified atom stereocenters. The minimum absolute atomic E-state index is 0.0426. The lowest BCUT2D eigenvalue weighted by atomic mass is 9.81. The summed E-state index contributed by atoms with van der Waals surface area (Å²) in [6.45, 7) is 0.449. The summed E-state index contributed by atoms with van der Waals surface area (Å²) in [6, 6.07) is 8.47. The molecule has 1 aromatic carbocycles. The number of hydrogen-bond acceptors (Lipinski definition) is 5. The summed E-state index contributed by atoms with van der Waals surface area (Å²) in [5.74, 6) is -0.172. The van der Waals surface area contributed by atoms with Crippen molar-refractivity contribution in [1.29, 1.82) is 0 Å². The molecule has 1 aliphatic heterocycles. The Morgan fingerprint density at radius 3 is 2.27 bits per heavy atom. The van der Waals surface area contributed by atoms with Crippen LogP contribution in [0.15, 0.2) is 30.3 Å². The molecule has 8 nitrogen and oxygen atoms in total. The van der Waals surface area contributed by atoms with Gasteiger partial charge in [-0.2, -0.15) is 0 Å². The molecule has 9 heteroatoms. The van der Waals surface area contributed by atoms with Crippen LogP contribution in [0.4, 0.5) is 0 Å². The highest BCUT2D eigenvalue weighted by atomic mass is 32.2. The molecule has 1 atom stereocenters. The molecule has 3 rings (SSSR count).